The van der Waals surface area contributed by atoms with Crippen molar-refractivity contribution >= 4 is 75.5 Å². The molecule has 0 saturated heterocycles. The van der Waals surface area contributed by atoms with Crippen LogP contribution >= 0.6 is 54.5 Å². The van der Waals surface area contributed by atoms with E-state index in [0.717, 1.165) is 28.1 Å². The van der Waals surface area contributed by atoms with Crippen LogP contribution in [0.3, 0.4) is 0 Å². The van der Waals surface area contributed by atoms with Crippen LogP contribution in [0.2, 0.25) is 0 Å². The van der Waals surface area contributed by atoms with E-state index in [4.69, 9.17) is 0 Å². The predicted molar refractivity (Wildman–Crippen MR) is 89.2 cm³/mol. The lowest BCUT2D eigenvalue weighted by Gasteiger charge is -2.14. The quantitative estimate of drug-likeness (QED) is 0.441. The van der Waals surface area contributed by atoms with E-state index in [-0.39, 0.29) is 0 Å². The van der Waals surface area contributed by atoms with Crippen molar-refractivity contribution in [2.75, 3.05) is 0 Å². The lowest BCUT2D eigenvalue weighted by molar-refractivity contribution is 0.0816. The van der Waals surface area contributed by atoms with Gasteiger partial charge in [-0.1, -0.05) is 22.0 Å². The number of hydrogen-bond acceptors (Lipinski definition) is 4. The lowest BCUT2D eigenvalue weighted by Crippen LogP contribution is -2.19. The van der Waals surface area contributed by atoms with E-state index in [1.807, 2.05) is 18.2 Å². The number of thiophene rings is 2. The number of ketones is 2. The smallest absolute Gasteiger partial charge is 0.236 e. The van der Waals surface area contributed by atoms with Gasteiger partial charge in [-0.2, -0.15) is 0 Å². The highest BCUT2D eigenvalue weighted by Crippen LogP contribution is 2.47. The Hall–Kier alpha value is -0.820. The predicted octanol–water partition coefficient (Wildman–Crippen LogP) is 5.53. The van der Waals surface area contributed by atoms with E-state index in [0.29, 0.717) is 11.1 Å². The second kappa shape index (κ2) is 4.34. The average Bonchev–Trinajstić information content (AvgIpc) is 2.91. The number of fused-ring (bicyclic) bond motifs is 5. The normalized spacial score (nSPS) is 13.7. The summed E-state index contributed by atoms with van der Waals surface area (Å²) in [6, 6.07) is 7.52. The highest BCUT2D eigenvalue weighted by Gasteiger charge is 2.34. The zero-order valence-electron chi connectivity index (χ0n) is 9.70. The maximum atomic E-state index is 12.4. The monoisotopic (exact) mass is 426 g/mol. The van der Waals surface area contributed by atoms with Gasteiger partial charge < -0.3 is 0 Å². The van der Waals surface area contributed by atoms with Crippen molar-refractivity contribution in [1.82, 2.24) is 0 Å². The fraction of sp³-hybridized carbons (Fsp3) is 0. The van der Waals surface area contributed by atoms with Crippen LogP contribution in [0, 0.1) is 0 Å². The second-order valence-corrected chi connectivity index (χ2v) is 8.80. The first-order valence-electron chi connectivity index (χ1n) is 5.67. The number of rotatable bonds is 0. The second-order valence-electron chi connectivity index (χ2n) is 4.40. The molecule has 3 aromatic rings. The van der Waals surface area contributed by atoms with Gasteiger partial charge in [0.15, 0.2) is 0 Å². The fourth-order valence-corrected chi connectivity index (χ4v) is 6.01. The molecule has 0 saturated carbocycles. The zero-order valence-corrected chi connectivity index (χ0v) is 14.5. The molecule has 2 aromatic heterocycles. The van der Waals surface area contributed by atoms with E-state index in [1.165, 1.54) is 11.3 Å². The number of carbonyl (C=O) groups is 2. The minimum absolute atomic E-state index is 0.397. The molecule has 98 valence electrons. The van der Waals surface area contributed by atoms with Crippen molar-refractivity contribution in [3.05, 3.63) is 43.7 Å². The van der Waals surface area contributed by atoms with Crippen LogP contribution in [0.5, 0.6) is 0 Å². The standard InChI is InChI=1S/C14H4Br2O2S2/c15-5-1-2-6-7(3-5)11(17)12(18)10-13(6)19-8-4-9(16)20-14(8)10/h1-4H. The summed E-state index contributed by atoms with van der Waals surface area (Å²) in [6.07, 6.45) is 0. The van der Waals surface area contributed by atoms with Crippen molar-refractivity contribution in [2.45, 2.75) is 0 Å². The molecule has 6 heteroatoms. The van der Waals surface area contributed by atoms with Gasteiger partial charge in [-0.05, 0) is 34.1 Å². The third-order valence-electron chi connectivity index (χ3n) is 3.24. The summed E-state index contributed by atoms with van der Waals surface area (Å²) >= 11 is 9.85. The topological polar surface area (TPSA) is 34.1 Å². The Bertz CT molecular complexity index is 921. The van der Waals surface area contributed by atoms with Gasteiger partial charge in [0, 0.05) is 25.2 Å². The highest BCUT2D eigenvalue weighted by atomic mass is 79.9. The fourth-order valence-electron chi connectivity index (χ4n) is 2.39. The van der Waals surface area contributed by atoms with Gasteiger partial charge in [-0.25, -0.2) is 0 Å². The Morgan fingerprint density at radius 2 is 1.70 bits per heavy atom. The number of halogens is 2. The molecule has 0 spiro atoms. The molecule has 0 aliphatic heterocycles. The first-order valence-corrected chi connectivity index (χ1v) is 8.89. The summed E-state index contributed by atoms with van der Waals surface area (Å²) in [4.78, 5) is 25.6. The lowest BCUT2D eigenvalue weighted by atomic mass is 9.89. The van der Waals surface area contributed by atoms with Gasteiger partial charge in [-0.3, -0.25) is 9.59 Å². The Morgan fingerprint density at radius 1 is 0.900 bits per heavy atom. The molecule has 0 atom stereocenters. The van der Waals surface area contributed by atoms with Gasteiger partial charge in [0.2, 0.25) is 11.6 Å². The largest absolute Gasteiger partial charge is 0.285 e. The average molecular weight is 428 g/mol. The van der Waals surface area contributed by atoms with Crippen LogP contribution in [-0.2, 0) is 0 Å². The van der Waals surface area contributed by atoms with Crippen LogP contribution in [0.4, 0.5) is 0 Å². The summed E-state index contributed by atoms with van der Waals surface area (Å²) < 4.78 is 3.73. The van der Waals surface area contributed by atoms with Crippen molar-refractivity contribution < 1.29 is 9.59 Å². The third kappa shape index (κ3) is 1.65. The SMILES string of the molecule is O=C1C(=O)c2c(sc3cc(Br)sc23)-c2ccc(Br)cc21. The molecule has 0 N–H and O–H groups in total. The minimum Gasteiger partial charge on any atom is -0.285 e. The molecule has 0 radical (unpaired) electrons. The van der Waals surface area contributed by atoms with E-state index < -0.39 is 11.6 Å². The van der Waals surface area contributed by atoms with E-state index in [9.17, 15) is 9.59 Å². The third-order valence-corrected chi connectivity index (χ3v) is 6.69. The van der Waals surface area contributed by atoms with E-state index >= 15 is 0 Å². The van der Waals surface area contributed by atoms with Crippen molar-refractivity contribution in [3.8, 4) is 10.4 Å². The van der Waals surface area contributed by atoms with Gasteiger partial charge in [0.25, 0.3) is 0 Å². The molecule has 20 heavy (non-hydrogen) atoms. The molecule has 4 rings (SSSR count). The van der Waals surface area contributed by atoms with Gasteiger partial charge in [0.1, 0.15) is 0 Å². The van der Waals surface area contributed by atoms with Gasteiger partial charge >= 0.3 is 0 Å². The van der Waals surface area contributed by atoms with Crippen LogP contribution in [0.1, 0.15) is 20.7 Å². The molecule has 0 bridgehead atoms. The van der Waals surface area contributed by atoms with Crippen LogP contribution < -0.4 is 0 Å². The summed E-state index contributed by atoms with van der Waals surface area (Å²) in [5.74, 6) is -0.816. The Balaban J connectivity index is 2.14. The molecule has 2 nitrogen and oxygen atoms in total. The summed E-state index contributed by atoms with van der Waals surface area (Å²) in [5, 5.41) is 0. The number of Topliss-reactive ketones (excluding diaryl/α,β-unsaturated/α-hetero) is 2. The molecule has 0 amide bonds. The maximum Gasteiger partial charge on any atom is 0.236 e. The maximum absolute atomic E-state index is 12.4. The number of benzene rings is 1. The Kier molecular flexibility index (Phi) is 2.79. The zero-order chi connectivity index (χ0) is 14.0. The van der Waals surface area contributed by atoms with E-state index in [2.05, 4.69) is 31.9 Å². The molecule has 1 aliphatic carbocycles. The molecular formula is C14H4Br2O2S2. The molecule has 0 fully saturated rings. The molecule has 1 aliphatic rings. The number of hydrogen-bond donors (Lipinski definition) is 0. The molecule has 1 aromatic carbocycles. The van der Waals surface area contributed by atoms with Crippen LogP contribution in [0.25, 0.3) is 19.8 Å². The first-order chi connectivity index (χ1) is 9.56. The molecular weight excluding hydrogens is 424 g/mol. The first kappa shape index (κ1) is 12.9. The van der Waals surface area contributed by atoms with Crippen molar-refractivity contribution in [2.24, 2.45) is 0 Å². The summed E-state index contributed by atoms with van der Waals surface area (Å²) in [7, 11) is 0. The van der Waals surface area contributed by atoms with E-state index in [1.54, 1.807) is 17.4 Å². The molecule has 2 heterocycles. The van der Waals surface area contributed by atoms with Crippen LogP contribution in [-0.4, -0.2) is 11.6 Å². The minimum atomic E-state index is -0.418. The van der Waals surface area contributed by atoms with Gasteiger partial charge in [0.05, 0.1) is 14.0 Å². The van der Waals surface area contributed by atoms with Crippen LogP contribution in [0.15, 0.2) is 32.5 Å². The molecule has 0 unspecified atom stereocenters. The van der Waals surface area contributed by atoms with Crippen molar-refractivity contribution in [3.63, 3.8) is 0 Å². The summed E-state index contributed by atoms with van der Waals surface area (Å²) in [5.41, 5.74) is 1.92. The highest BCUT2D eigenvalue weighted by molar-refractivity contribution is 9.11. The Morgan fingerprint density at radius 3 is 2.50 bits per heavy atom. The number of carbonyl (C=O) groups excluding carboxylic acids is 2. The van der Waals surface area contributed by atoms with Gasteiger partial charge in [-0.15, -0.1) is 22.7 Å². The van der Waals surface area contributed by atoms with Crippen molar-refractivity contribution in [1.29, 1.82) is 0 Å². The summed E-state index contributed by atoms with van der Waals surface area (Å²) in [6.45, 7) is 0. The Labute approximate surface area is 138 Å².